The molecule has 0 fully saturated rings. The number of para-hydroxylation sites is 1. The molecule has 1 nitrogen and oxygen atoms in total. The van der Waals surface area contributed by atoms with E-state index in [9.17, 15) is 0 Å². The maximum atomic E-state index is 5.57. The Balaban J connectivity index is 2.38. The Morgan fingerprint density at radius 1 is 1.31 bits per heavy atom. The number of hydrogen-bond donors (Lipinski definition) is 0. The van der Waals surface area contributed by atoms with Gasteiger partial charge in [-0.2, -0.15) is 0 Å². The Kier molecular flexibility index (Phi) is 2.17. The highest BCUT2D eigenvalue weighted by Gasteiger charge is 2.07. The van der Waals surface area contributed by atoms with E-state index in [4.69, 9.17) is 4.74 Å². The molecular weight excluding hydrogens is 160 g/mol. The summed E-state index contributed by atoms with van der Waals surface area (Å²) >= 11 is 0. The van der Waals surface area contributed by atoms with Gasteiger partial charge in [0, 0.05) is 5.56 Å². The van der Waals surface area contributed by atoms with E-state index in [1.807, 2.05) is 31.2 Å². The third kappa shape index (κ3) is 1.64. The zero-order chi connectivity index (χ0) is 9.10. The van der Waals surface area contributed by atoms with Gasteiger partial charge in [-0.25, -0.2) is 0 Å². The summed E-state index contributed by atoms with van der Waals surface area (Å²) in [6.07, 6.45) is 6.28. The lowest BCUT2D eigenvalue weighted by molar-refractivity contribution is 0.351. The lowest BCUT2D eigenvalue weighted by Gasteiger charge is -2.15. The molecule has 2 rings (SSSR count). The van der Waals surface area contributed by atoms with Crippen molar-refractivity contribution in [3.05, 3.63) is 47.6 Å². The molecule has 0 radical (unpaired) electrons. The minimum atomic E-state index is 0.682. The molecule has 0 unspecified atom stereocenters. The first-order valence-electron chi connectivity index (χ1n) is 4.45. The van der Waals surface area contributed by atoms with Gasteiger partial charge in [-0.05, 0) is 24.6 Å². The van der Waals surface area contributed by atoms with Gasteiger partial charge in [-0.1, -0.05) is 30.4 Å². The molecule has 0 aliphatic carbocycles. The molecule has 1 aromatic rings. The van der Waals surface area contributed by atoms with Gasteiger partial charge in [-0.3, -0.25) is 0 Å². The Hall–Kier alpha value is -1.50. The summed E-state index contributed by atoms with van der Waals surface area (Å²) in [4.78, 5) is 0. The maximum absolute atomic E-state index is 5.57. The minimum Gasteiger partial charge on any atom is -0.488 e. The quantitative estimate of drug-likeness (QED) is 0.632. The van der Waals surface area contributed by atoms with Gasteiger partial charge < -0.3 is 4.74 Å². The van der Waals surface area contributed by atoms with E-state index < -0.39 is 0 Å². The lowest BCUT2D eigenvalue weighted by atomic mass is 10.1. The van der Waals surface area contributed by atoms with Crippen molar-refractivity contribution >= 4 is 6.08 Å². The van der Waals surface area contributed by atoms with E-state index in [0.29, 0.717) is 6.61 Å². The Morgan fingerprint density at radius 2 is 2.15 bits per heavy atom. The Morgan fingerprint density at radius 3 is 3.00 bits per heavy atom. The second-order valence-corrected chi connectivity index (χ2v) is 3.05. The van der Waals surface area contributed by atoms with E-state index in [1.54, 1.807) is 0 Å². The molecule has 0 saturated carbocycles. The number of hydrogen-bond acceptors (Lipinski definition) is 1. The highest BCUT2D eigenvalue weighted by molar-refractivity contribution is 5.64. The van der Waals surface area contributed by atoms with Crippen LogP contribution in [0.1, 0.15) is 12.5 Å². The average molecular weight is 172 g/mol. The zero-order valence-electron chi connectivity index (χ0n) is 7.66. The SMILES string of the molecule is CC=CC1=Cc2ccccc2OC1. The van der Waals surface area contributed by atoms with Crippen LogP contribution in [-0.2, 0) is 0 Å². The first-order chi connectivity index (χ1) is 6.40. The highest BCUT2D eigenvalue weighted by atomic mass is 16.5. The summed E-state index contributed by atoms with van der Waals surface area (Å²) in [5, 5.41) is 0. The zero-order valence-corrected chi connectivity index (χ0v) is 7.66. The molecule has 1 aliphatic heterocycles. The van der Waals surface area contributed by atoms with Crippen molar-refractivity contribution in [1.82, 2.24) is 0 Å². The summed E-state index contributed by atoms with van der Waals surface area (Å²) in [6, 6.07) is 8.08. The number of allylic oxidation sites excluding steroid dienone is 1. The van der Waals surface area contributed by atoms with Crippen LogP contribution in [0.5, 0.6) is 5.75 Å². The van der Waals surface area contributed by atoms with E-state index in [-0.39, 0.29) is 0 Å². The van der Waals surface area contributed by atoms with Gasteiger partial charge >= 0.3 is 0 Å². The van der Waals surface area contributed by atoms with E-state index in [2.05, 4.69) is 18.2 Å². The second kappa shape index (κ2) is 3.48. The second-order valence-electron chi connectivity index (χ2n) is 3.05. The molecule has 0 bridgehead atoms. The maximum Gasteiger partial charge on any atom is 0.127 e. The lowest BCUT2D eigenvalue weighted by Crippen LogP contribution is -2.05. The number of rotatable bonds is 1. The molecule has 0 N–H and O–H groups in total. The number of benzene rings is 1. The topological polar surface area (TPSA) is 9.23 Å². The summed E-state index contributed by atoms with van der Waals surface area (Å²) in [6.45, 7) is 2.70. The van der Waals surface area contributed by atoms with Gasteiger partial charge in [0.25, 0.3) is 0 Å². The van der Waals surface area contributed by atoms with Crippen LogP contribution in [0, 0.1) is 0 Å². The van der Waals surface area contributed by atoms with Crippen LogP contribution >= 0.6 is 0 Å². The van der Waals surface area contributed by atoms with Crippen molar-refractivity contribution < 1.29 is 4.74 Å². The number of ether oxygens (including phenoxy) is 1. The highest BCUT2D eigenvalue weighted by Crippen LogP contribution is 2.25. The van der Waals surface area contributed by atoms with Crippen molar-refractivity contribution in [2.75, 3.05) is 6.61 Å². The van der Waals surface area contributed by atoms with Crippen LogP contribution < -0.4 is 4.74 Å². The van der Waals surface area contributed by atoms with Crippen LogP contribution in [-0.4, -0.2) is 6.61 Å². The monoisotopic (exact) mass is 172 g/mol. The van der Waals surface area contributed by atoms with Crippen LogP contribution in [0.2, 0.25) is 0 Å². The molecule has 1 aliphatic rings. The normalized spacial score (nSPS) is 15.0. The summed E-state index contributed by atoms with van der Waals surface area (Å²) in [5.41, 5.74) is 2.39. The molecular formula is C12H12O. The molecule has 1 aromatic carbocycles. The standard InChI is InChI=1S/C12H12O/c1-2-5-10-8-11-6-3-4-7-12(11)13-9-10/h2-8H,9H2,1H3. The van der Waals surface area contributed by atoms with Crippen molar-refractivity contribution in [2.24, 2.45) is 0 Å². The van der Waals surface area contributed by atoms with Gasteiger partial charge in [0.05, 0.1) is 0 Å². The average Bonchev–Trinajstić information content (AvgIpc) is 2.18. The third-order valence-corrected chi connectivity index (χ3v) is 2.03. The van der Waals surface area contributed by atoms with Gasteiger partial charge in [0.15, 0.2) is 0 Å². The van der Waals surface area contributed by atoms with Gasteiger partial charge in [0.2, 0.25) is 0 Å². The van der Waals surface area contributed by atoms with Crippen LogP contribution in [0.15, 0.2) is 42.0 Å². The third-order valence-electron chi connectivity index (χ3n) is 2.03. The molecule has 0 spiro atoms. The molecule has 0 atom stereocenters. The molecule has 13 heavy (non-hydrogen) atoms. The smallest absolute Gasteiger partial charge is 0.127 e. The predicted octanol–water partition coefficient (Wildman–Crippen LogP) is 3.04. The Labute approximate surface area is 78.3 Å². The fourth-order valence-electron chi connectivity index (χ4n) is 1.44. The van der Waals surface area contributed by atoms with E-state index in [0.717, 1.165) is 5.75 Å². The van der Waals surface area contributed by atoms with Crippen molar-refractivity contribution in [3.63, 3.8) is 0 Å². The van der Waals surface area contributed by atoms with Gasteiger partial charge in [-0.15, -0.1) is 0 Å². The molecule has 0 amide bonds. The molecule has 0 aromatic heterocycles. The van der Waals surface area contributed by atoms with Crippen LogP contribution in [0.4, 0.5) is 0 Å². The van der Waals surface area contributed by atoms with Crippen LogP contribution in [0.3, 0.4) is 0 Å². The fraction of sp³-hybridized carbons (Fsp3) is 0.167. The largest absolute Gasteiger partial charge is 0.488 e. The molecule has 1 heterocycles. The van der Waals surface area contributed by atoms with Crippen molar-refractivity contribution in [1.29, 1.82) is 0 Å². The minimum absolute atomic E-state index is 0.682. The summed E-state index contributed by atoms with van der Waals surface area (Å²) in [7, 11) is 0. The van der Waals surface area contributed by atoms with Crippen LogP contribution in [0.25, 0.3) is 6.08 Å². The summed E-state index contributed by atoms with van der Waals surface area (Å²) < 4.78 is 5.57. The number of fused-ring (bicyclic) bond motifs is 1. The van der Waals surface area contributed by atoms with E-state index in [1.165, 1.54) is 11.1 Å². The van der Waals surface area contributed by atoms with Crippen molar-refractivity contribution in [2.45, 2.75) is 6.92 Å². The Bertz CT molecular complexity index is 361. The first kappa shape index (κ1) is 8.11. The summed E-state index contributed by atoms with van der Waals surface area (Å²) in [5.74, 6) is 0.982. The molecule has 1 heteroatoms. The molecule has 0 saturated heterocycles. The fourth-order valence-corrected chi connectivity index (χ4v) is 1.44. The van der Waals surface area contributed by atoms with Gasteiger partial charge in [0.1, 0.15) is 12.4 Å². The first-order valence-corrected chi connectivity index (χ1v) is 4.45. The predicted molar refractivity (Wildman–Crippen MR) is 54.7 cm³/mol. The van der Waals surface area contributed by atoms with Crippen molar-refractivity contribution in [3.8, 4) is 5.75 Å². The molecule has 66 valence electrons. The van der Waals surface area contributed by atoms with E-state index >= 15 is 0 Å².